The third kappa shape index (κ3) is 3.22. The van der Waals surface area contributed by atoms with Gasteiger partial charge in [0.05, 0.1) is 10.5 Å². The lowest BCUT2D eigenvalue weighted by atomic mass is 10.1. The fourth-order valence-corrected chi connectivity index (χ4v) is 2.18. The fourth-order valence-electron chi connectivity index (χ4n) is 1.94. The Kier molecular flexibility index (Phi) is 3.90. The molecule has 1 aromatic rings. The minimum absolute atomic E-state index is 0.178. The van der Waals surface area contributed by atoms with Crippen molar-refractivity contribution in [2.45, 2.75) is 38.3 Å². The Morgan fingerprint density at radius 2 is 2.28 bits per heavy atom. The van der Waals surface area contributed by atoms with Gasteiger partial charge in [-0.25, -0.2) is 9.38 Å². The predicted octanol–water partition coefficient (Wildman–Crippen LogP) is 2.76. The van der Waals surface area contributed by atoms with Crippen LogP contribution in [-0.4, -0.2) is 18.0 Å². The molecule has 98 valence electrons. The molecule has 0 saturated heterocycles. The monoisotopic (exact) mass is 313 g/mol. The summed E-state index contributed by atoms with van der Waals surface area (Å²) in [5.41, 5.74) is 6.75. The summed E-state index contributed by atoms with van der Waals surface area (Å²) in [5.74, 6) is 0.533. The highest BCUT2D eigenvalue weighted by Gasteiger charge is 2.38. The first kappa shape index (κ1) is 13.3. The van der Waals surface area contributed by atoms with Gasteiger partial charge in [0.1, 0.15) is 5.82 Å². The normalized spacial score (nSPS) is 23.3. The molecule has 0 spiro atoms. The van der Waals surface area contributed by atoms with Gasteiger partial charge < -0.3 is 11.1 Å². The molecule has 3 N–H and O–H groups in total. The van der Waals surface area contributed by atoms with Crippen molar-refractivity contribution in [2.24, 2.45) is 10.7 Å². The van der Waals surface area contributed by atoms with Gasteiger partial charge in [-0.2, -0.15) is 0 Å². The minimum Gasteiger partial charge on any atom is -0.370 e. The summed E-state index contributed by atoms with van der Waals surface area (Å²) in [6, 6.07) is 5.68. The van der Waals surface area contributed by atoms with E-state index in [1.165, 1.54) is 0 Å². The lowest BCUT2D eigenvalue weighted by Gasteiger charge is -2.08. The van der Waals surface area contributed by atoms with Crippen molar-refractivity contribution in [3.05, 3.63) is 34.1 Å². The number of rotatable bonds is 3. The largest absolute Gasteiger partial charge is 0.370 e. The highest BCUT2D eigenvalue weighted by atomic mass is 79.9. The van der Waals surface area contributed by atoms with Crippen LogP contribution in [0.25, 0.3) is 0 Å². The average Bonchev–Trinajstić information content (AvgIpc) is 3.00. The maximum atomic E-state index is 13.4. The maximum Gasteiger partial charge on any atom is 0.189 e. The topological polar surface area (TPSA) is 50.4 Å². The van der Waals surface area contributed by atoms with Crippen LogP contribution >= 0.6 is 15.9 Å². The molecule has 2 atom stereocenters. The van der Waals surface area contributed by atoms with Crippen molar-refractivity contribution in [2.75, 3.05) is 0 Å². The van der Waals surface area contributed by atoms with Crippen LogP contribution in [0.2, 0.25) is 0 Å². The standard InChI is InChI=1S/C13H17BrFN3/c1-7(2)17-13(16)18-12-6-9(12)8-3-4-10(14)11(15)5-8/h3-5,7,9,12H,6H2,1-2H3,(H3,16,17,18)/t9-,12+/m0/s1. The lowest BCUT2D eigenvalue weighted by molar-refractivity contribution is 0.618. The van der Waals surface area contributed by atoms with E-state index in [1.807, 2.05) is 19.9 Å². The molecule has 1 saturated carbocycles. The number of aliphatic imine (C=N–C) groups is 1. The number of hydrogen-bond donors (Lipinski definition) is 2. The Hall–Kier alpha value is -1.10. The number of halogens is 2. The van der Waals surface area contributed by atoms with E-state index in [4.69, 9.17) is 5.73 Å². The van der Waals surface area contributed by atoms with E-state index in [0.717, 1.165) is 12.0 Å². The first-order valence-corrected chi connectivity index (χ1v) is 6.81. The van der Waals surface area contributed by atoms with Gasteiger partial charge in [0.25, 0.3) is 0 Å². The van der Waals surface area contributed by atoms with Gasteiger partial charge in [0.15, 0.2) is 5.96 Å². The molecule has 1 fully saturated rings. The van der Waals surface area contributed by atoms with E-state index in [9.17, 15) is 4.39 Å². The van der Waals surface area contributed by atoms with Crippen LogP contribution in [-0.2, 0) is 0 Å². The summed E-state index contributed by atoms with van der Waals surface area (Å²) >= 11 is 3.15. The summed E-state index contributed by atoms with van der Waals surface area (Å²) in [7, 11) is 0. The maximum absolute atomic E-state index is 13.4. The molecule has 1 aliphatic carbocycles. The second-order valence-corrected chi connectivity index (χ2v) is 5.75. The smallest absolute Gasteiger partial charge is 0.189 e. The Morgan fingerprint density at radius 1 is 1.56 bits per heavy atom. The highest BCUT2D eigenvalue weighted by Crippen LogP contribution is 2.44. The zero-order valence-electron chi connectivity index (χ0n) is 10.5. The molecule has 0 radical (unpaired) electrons. The predicted molar refractivity (Wildman–Crippen MR) is 75.1 cm³/mol. The average molecular weight is 314 g/mol. The van der Waals surface area contributed by atoms with Crippen molar-refractivity contribution < 1.29 is 4.39 Å². The Balaban J connectivity index is 2.00. The van der Waals surface area contributed by atoms with Crippen molar-refractivity contribution in [1.29, 1.82) is 0 Å². The summed E-state index contributed by atoms with van der Waals surface area (Å²) in [6.07, 6.45) is 0.932. The van der Waals surface area contributed by atoms with Gasteiger partial charge >= 0.3 is 0 Å². The Morgan fingerprint density at radius 3 is 2.89 bits per heavy atom. The second kappa shape index (κ2) is 5.26. The van der Waals surface area contributed by atoms with Crippen LogP contribution in [0.15, 0.2) is 27.7 Å². The molecule has 0 aromatic heterocycles. The molecule has 2 rings (SSSR count). The SMILES string of the molecule is CC(C)NC(N)=N[C@@H]1C[C@H]1c1ccc(Br)c(F)c1. The zero-order chi connectivity index (χ0) is 13.3. The van der Waals surface area contributed by atoms with Crippen LogP contribution in [0.5, 0.6) is 0 Å². The quantitative estimate of drug-likeness (QED) is 0.666. The molecule has 5 heteroatoms. The van der Waals surface area contributed by atoms with Gasteiger partial charge in [-0.3, -0.25) is 0 Å². The van der Waals surface area contributed by atoms with E-state index in [1.54, 1.807) is 12.1 Å². The summed E-state index contributed by atoms with van der Waals surface area (Å²) in [4.78, 5) is 4.39. The number of hydrogen-bond acceptors (Lipinski definition) is 1. The van der Waals surface area contributed by atoms with Gasteiger partial charge in [-0.1, -0.05) is 6.07 Å². The Bertz CT molecular complexity index is 473. The molecule has 0 amide bonds. The van der Waals surface area contributed by atoms with Crippen LogP contribution in [0.3, 0.4) is 0 Å². The van der Waals surface area contributed by atoms with E-state index < -0.39 is 0 Å². The third-order valence-electron chi connectivity index (χ3n) is 2.87. The fraction of sp³-hybridized carbons (Fsp3) is 0.462. The Labute approximate surface area is 115 Å². The molecule has 0 aliphatic heterocycles. The molecule has 1 aromatic carbocycles. The van der Waals surface area contributed by atoms with Crippen molar-refractivity contribution in [1.82, 2.24) is 5.32 Å². The van der Waals surface area contributed by atoms with Gasteiger partial charge in [-0.15, -0.1) is 0 Å². The lowest BCUT2D eigenvalue weighted by Crippen LogP contribution is -2.37. The molecule has 18 heavy (non-hydrogen) atoms. The number of nitrogens with zero attached hydrogens (tertiary/aromatic N) is 1. The van der Waals surface area contributed by atoms with E-state index >= 15 is 0 Å². The van der Waals surface area contributed by atoms with Crippen molar-refractivity contribution in [3.8, 4) is 0 Å². The molecule has 1 aliphatic rings. The van der Waals surface area contributed by atoms with Gasteiger partial charge in [0, 0.05) is 12.0 Å². The van der Waals surface area contributed by atoms with Crippen LogP contribution in [0.4, 0.5) is 4.39 Å². The van der Waals surface area contributed by atoms with E-state index in [-0.39, 0.29) is 17.9 Å². The molecular formula is C13H17BrFN3. The minimum atomic E-state index is -0.226. The van der Waals surface area contributed by atoms with Gasteiger partial charge in [-0.05, 0) is 53.9 Å². The summed E-state index contributed by atoms with van der Waals surface area (Å²) in [6.45, 7) is 4.02. The highest BCUT2D eigenvalue weighted by molar-refractivity contribution is 9.10. The summed E-state index contributed by atoms with van der Waals surface area (Å²) in [5, 5.41) is 3.05. The first-order chi connectivity index (χ1) is 8.47. The van der Waals surface area contributed by atoms with E-state index in [0.29, 0.717) is 16.4 Å². The molecule has 0 unspecified atom stereocenters. The van der Waals surface area contributed by atoms with Crippen LogP contribution < -0.4 is 11.1 Å². The number of guanidine groups is 1. The zero-order valence-corrected chi connectivity index (χ0v) is 12.0. The van der Waals surface area contributed by atoms with Crippen molar-refractivity contribution in [3.63, 3.8) is 0 Å². The van der Waals surface area contributed by atoms with Crippen LogP contribution in [0, 0.1) is 5.82 Å². The summed E-state index contributed by atoms with van der Waals surface area (Å²) < 4.78 is 13.9. The third-order valence-corrected chi connectivity index (χ3v) is 3.51. The van der Waals surface area contributed by atoms with E-state index in [2.05, 4.69) is 26.2 Å². The molecule has 3 nitrogen and oxygen atoms in total. The van der Waals surface area contributed by atoms with Crippen LogP contribution in [0.1, 0.15) is 31.7 Å². The number of nitrogens with one attached hydrogen (secondary N) is 1. The van der Waals surface area contributed by atoms with Crippen molar-refractivity contribution >= 4 is 21.9 Å². The van der Waals surface area contributed by atoms with Gasteiger partial charge in [0.2, 0.25) is 0 Å². The number of nitrogens with two attached hydrogens (primary N) is 1. The molecule has 0 bridgehead atoms. The second-order valence-electron chi connectivity index (χ2n) is 4.90. The number of benzene rings is 1. The molecular weight excluding hydrogens is 297 g/mol. The molecule has 0 heterocycles. The first-order valence-electron chi connectivity index (χ1n) is 6.02.